The summed E-state index contributed by atoms with van der Waals surface area (Å²) in [6, 6.07) is 24.2. The number of aryl methyl sites for hydroxylation is 1. The molecule has 2 amide bonds. The van der Waals surface area contributed by atoms with Crippen LogP contribution in [0.5, 0.6) is 0 Å². The van der Waals surface area contributed by atoms with Crippen LogP contribution >= 0.6 is 11.8 Å². The molecule has 0 bridgehead atoms. The summed E-state index contributed by atoms with van der Waals surface area (Å²) in [6.07, 6.45) is 10.3. The van der Waals surface area contributed by atoms with E-state index in [0.29, 0.717) is 17.0 Å². The van der Waals surface area contributed by atoms with Gasteiger partial charge in [0.05, 0.1) is 17.1 Å². The van der Waals surface area contributed by atoms with Crippen molar-refractivity contribution in [2.45, 2.75) is 69.4 Å². The van der Waals surface area contributed by atoms with E-state index in [9.17, 15) is 9.59 Å². The van der Waals surface area contributed by atoms with E-state index < -0.39 is 0 Å². The molecule has 0 unspecified atom stereocenters. The molecule has 0 spiro atoms. The second-order valence-electron chi connectivity index (χ2n) is 10.1. The Morgan fingerprint density at radius 3 is 2.32 bits per heavy atom. The maximum absolute atomic E-state index is 13.6. The Kier molecular flexibility index (Phi) is 8.10. The fraction of sp³-hybridized carbons (Fsp3) is 0.312. The van der Waals surface area contributed by atoms with Gasteiger partial charge in [-0.25, -0.2) is 0 Å². The first-order valence-electron chi connectivity index (χ1n) is 13.3. The Morgan fingerprint density at radius 1 is 0.919 bits per heavy atom. The molecule has 3 aromatic carbocycles. The van der Waals surface area contributed by atoms with Gasteiger partial charge in [0, 0.05) is 16.5 Å². The van der Waals surface area contributed by atoms with Gasteiger partial charge in [-0.3, -0.25) is 9.59 Å². The average molecular weight is 511 g/mol. The maximum Gasteiger partial charge on any atom is 0.265 e. The van der Waals surface area contributed by atoms with Gasteiger partial charge >= 0.3 is 0 Å². The van der Waals surface area contributed by atoms with Gasteiger partial charge in [0.1, 0.15) is 0 Å². The number of fused-ring (bicyclic) bond motifs is 1. The van der Waals surface area contributed by atoms with Crippen molar-refractivity contribution >= 4 is 35.3 Å². The fourth-order valence-electron chi connectivity index (χ4n) is 5.05. The Balaban J connectivity index is 1.32. The highest BCUT2D eigenvalue weighted by Gasteiger charge is 2.29. The molecule has 190 valence electrons. The number of benzene rings is 3. The van der Waals surface area contributed by atoms with E-state index in [0.717, 1.165) is 34.6 Å². The Morgan fingerprint density at radius 2 is 1.59 bits per heavy atom. The molecule has 2 aliphatic rings. The van der Waals surface area contributed by atoms with Crippen LogP contribution in [-0.2, 0) is 11.3 Å². The fourth-order valence-corrected chi connectivity index (χ4v) is 6.11. The van der Waals surface area contributed by atoms with Gasteiger partial charge in [-0.15, -0.1) is 0 Å². The van der Waals surface area contributed by atoms with Crippen LogP contribution in [0.15, 0.2) is 82.6 Å². The van der Waals surface area contributed by atoms with Crippen molar-refractivity contribution in [3.63, 3.8) is 0 Å². The molecule has 1 fully saturated rings. The predicted molar refractivity (Wildman–Crippen MR) is 153 cm³/mol. The molecule has 5 rings (SSSR count). The number of hydrogen-bond donors (Lipinski definition) is 1. The lowest BCUT2D eigenvalue weighted by Gasteiger charge is -2.30. The van der Waals surface area contributed by atoms with Gasteiger partial charge in [0.25, 0.3) is 11.8 Å². The number of nitrogens with zero attached hydrogens (tertiary/aromatic N) is 1. The quantitative estimate of drug-likeness (QED) is 0.361. The molecule has 1 N–H and O–H groups in total. The lowest BCUT2D eigenvalue weighted by molar-refractivity contribution is -0.114. The van der Waals surface area contributed by atoms with Gasteiger partial charge in [-0.05, 0) is 61.2 Å². The van der Waals surface area contributed by atoms with Crippen LogP contribution in [-0.4, -0.2) is 17.9 Å². The molecule has 4 nitrogen and oxygen atoms in total. The summed E-state index contributed by atoms with van der Waals surface area (Å²) in [5.41, 5.74) is 4.81. The zero-order valence-electron chi connectivity index (χ0n) is 21.4. The SMILES string of the molecule is Cc1ccc(CN2C(=O)/C(=C\c3ccc(C(=O)NC4CCCCCCC4)cc3)Sc3ccccc32)cc1. The van der Waals surface area contributed by atoms with Crippen LogP contribution in [0.3, 0.4) is 0 Å². The minimum atomic E-state index is -0.00825. The van der Waals surface area contributed by atoms with Crippen LogP contribution < -0.4 is 10.2 Å². The van der Waals surface area contributed by atoms with E-state index in [1.54, 1.807) is 0 Å². The summed E-state index contributed by atoms with van der Waals surface area (Å²) in [5.74, 6) is -0.0125. The van der Waals surface area contributed by atoms with Gasteiger partial charge in [0.2, 0.25) is 0 Å². The molecule has 0 aromatic heterocycles. The molecule has 1 aliphatic heterocycles. The maximum atomic E-state index is 13.6. The smallest absolute Gasteiger partial charge is 0.265 e. The third-order valence-corrected chi connectivity index (χ3v) is 8.28. The number of carbonyl (C=O) groups is 2. The summed E-state index contributed by atoms with van der Waals surface area (Å²) in [6.45, 7) is 2.59. The molecule has 1 aliphatic carbocycles. The summed E-state index contributed by atoms with van der Waals surface area (Å²) in [7, 11) is 0. The Labute approximate surface area is 224 Å². The minimum Gasteiger partial charge on any atom is -0.349 e. The second kappa shape index (κ2) is 11.8. The van der Waals surface area contributed by atoms with E-state index >= 15 is 0 Å². The first-order chi connectivity index (χ1) is 18.1. The first kappa shape index (κ1) is 25.3. The molecule has 0 atom stereocenters. The number of nitrogens with one attached hydrogen (secondary N) is 1. The standard InChI is InChI=1S/C32H34N2O2S/c1-23-13-15-25(16-14-23)22-34-28-11-7-8-12-29(28)37-30(32(34)36)21-24-17-19-26(20-18-24)31(35)33-27-9-5-3-2-4-6-10-27/h7-8,11-21,27H,2-6,9-10,22H2,1H3,(H,33,35)/b30-21+. The van der Waals surface area contributed by atoms with Gasteiger partial charge in [-0.2, -0.15) is 0 Å². The predicted octanol–water partition coefficient (Wildman–Crippen LogP) is 7.52. The minimum absolute atomic E-state index is 0.00428. The molecule has 3 aromatic rings. The van der Waals surface area contributed by atoms with Gasteiger partial charge < -0.3 is 10.2 Å². The molecule has 37 heavy (non-hydrogen) atoms. The highest BCUT2D eigenvalue weighted by molar-refractivity contribution is 8.04. The van der Waals surface area contributed by atoms with Crippen molar-refractivity contribution in [1.82, 2.24) is 5.32 Å². The average Bonchev–Trinajstić information content (AvgIpc) is 2.89. The number of anilines is 1. The molecule has 1 saturated carbocycles. The van der Waals surface area contributed by atoms with E-state index in [-0.39, 0.29) is 17.9 Å². The zero-order chi connectivity index (χ0) is 25.6. The Hall–Kier alpha value is -3.31. The topological polar surface area (TPSA) is 49.4 Å². The lowest BCUT2D eigenvalue weighted by atomic mass is 9.96. The summed E-state index contributed by atoms with van der Waals surface area (Å²) >= 11 is 1.50. The monoisotopic (exact) mass is 510 g/mol. The molecule has 5 heteroatoms. The van der Waals surface area contributed by atoms with Gasteiger partial charge in [-0.1, -0.05) is 98.0 Å². The number of hydrogen-bond acceptors (Lipinski definition) is 3. The first-order valence-corrected chi connectivity index (χ1v) is 14.2. The normalized spacial score (nSPS) is 17.7. The summed E-state index contributed by atoms with van der Waals surface area (Å²) < 4.78 is 0. The van der Waals surface area contributed by atoms with Crippen LogP contribution in [0, 0.1) is 6.92 Å². The third kappa shape index (κ3) is 6.34. The van der Waals surface area contributed by atoms with E-state index in [1.165, 1.54) is 49.4 Å². The summed E-state index contributed by atoms with van der Waals surface area (Å²) in [4.78, 5) is 30.0. The number of thioether (sulfide) groups is 1. The molecular formula is C32H34N2O2S. The van der Waals surface area contributed by atoms with Crippen molar-refractivity contribution in [1.29, 1.82) is 0 Å². The second-order valence-corrected chi connectivity index (χ2v) is 11.2. The number of para-hydroxylation sites is 1. The van der Waals surface area contributed by atoms with Gasteiger partial charge in [0.15, 0.2) is 0 Å². The lowest BCUT2D eigenvalue weighted by Crippen LogP contribution is -2.35. The van der Waals surface area contributed by atoms with E-state index in [2.05, 4.69) is 42.6 Å². The van der Waals surface area contributed by atoms with Crippen molar-refractivity contribution in [3.05, 3.63) is 100.0 Å². The molecule has 1 heterocycles. The largest absolute Gasteiger partial charge is 0.349 e. The molecular weight excluding hydrogens is 476 g/mol. The highest BCUT2D eigenvalue weighted by Crippen LogP contribution is 2.42. The van der Waals surface area contributed by atoms with Crippen molar-refractivity contribution in [2.75, 3.05) is 4.90 Å². The van der Waals surface area contributed by atoms with Crippen LogP contribution in [0.4, 0.5) is 5.69 Å². The van der Waals surface area contributed by atoms with Crippen molar-refractivity contribution < 1.29 is 9.59 Å². The van der Waals surface area contributed by atoms with E-state index in [1.807, 2.05) is 53.4 Å². The highest BCUT2D eigenvalue weighted by atomic mass is 32.2. The third-order valence-electron chi connectivity index (χ3n) is 7.20. The van der Waals surface area contributed by atoms with Crippen molar-refractivity contribution in [2.24, 2.45) is 0 Å². The van der Waals surface area contributed by atoms with Crippen LogP contribution in [0.25, 0.3) is 6.08 Å². The number of carbonyl (C=O) groups excluding carboxylic acids is 2. The van der Waals surface area contributed by atoms with E-state index in [4.69, 9.17) is 0 Å². The van der Waals surface area contributed by atoms with Crippen LogP contribution in [0.2, 0.25) is 0 Å². The van der Waals surface area contributed by atoms with Crippen molar-refractivity contribution in [3.8, 4) is 0 Å². The van der Waals surface area contributed by atoms with Crippen LogP contribution in [0.1, 0.15) is 72.0 Å². The molecule has 0 saturated heterocycles. The molecule has 0 radical (unpaired) electrons. The summed E-state index contributed by atoms with van der Waals surface area (Å²) in [5, 5.41) is 3.23. The zero-order valence-corrected chi connectivity index (χ0v) is 22.2. The number of amides is 2. The Bertz CT molecular complexity index is 1270. The number of rotatable bonds is 5.